The minimum absolute atomic E-state index is 0.0862. The van der Waals surface area contributed by atoms with Gasteiger partial charge in [0.25, 0.3) is 5.91 Å². The number of amides is 1. The Morgan fingerprint density at radius 3 is 2.42 bits per heavy atom. The molecule has 2 aromatic carbocycles. The second-order valence-corrected chi connectivity index (χ2v) is 4.43. The Balaban J connectivity index is 2.28. The number of carbonyl (C=O) groups is 1. The number of rotatable bonds is 2. The van der Waals surface area contributed by atoms with E-state index in [1.165, 1.54) is 0 Å². The molecule has 1 N–H and O–H groups in total. The first-order valence-corrected chi connectivity index (χ1v) is 5.88. The highest BCUT2D eigenvalue weighted by molar-refractivity contribution is 6.31. The zero-order valence-corrected chi connectivity index (χ0v) is 10.8. The fourth-order valence-corrected chi connectivity index (χ4v) is 1.80. The molecular formula is C14H10ClF2NO. The van der Waals surface area contributed by atoms with Crippen molar-refractivity contribution in [2.75, 3.05) is 5.32 Å². The van der Waals surface area contributed by atoms with Gasteiger partial charge in [0, 0.05) is 22.3 Å². The lowest BCUT2D eigenvalue weighted by molar-refractivity contribution is 0.102. The summed E-state index contributed by atoms with van der Waals surface area (Å²) in [6.07, 6.45) is 0. The van der Waals surface area contributed by atoms with Crippen molar-refractivity contribution in [1.82, 2.24) is 0 Å². The first kappa shape index (κ1) is 13.5. The molecule has 0 heterocycles. The Hall–Kier alpha value is -1.94. The second kappa shape index (κ2) is 5.36. The van der Waals surface area contributed by atoms with E-state index in [2.05, 4.69) is 5.32 Å². The van der Waals surface area contributed by atoms with Gasteiger partial charge in [0.2, 0.25) is 0 Å². The molecular weight excluding hydrogens is 272 g/mol. The van der Waals surface area contributed by atoms with E-state index < -0.39 is 17.5 Å². The van der Waals surface area contributed by atoms with Crippen LogP contribution in [0.3, 0.4) is 0 Å². The minimum Gasteiger partial charge on any atom is -0.322 e. The largest absolute Gasteiger partial charge is 0.322 e. The van der Waals surface area contributed by atoms with Gasteiger partial charge in [-0.25, -0.2) is 8.78 Å². The number of carbonyl (C=O) groups excluding carboxylic acids is 1. The third kappa shape index (κ3) is 3.09. The summed E-state index contributed by atoms with van der Waals surface area (Å²) in [6.45, 7) is 1.74. The van der Waals surface area contributed by atoms with Crippen molar-refractivity contribution in [1.29, 1.82) is 0 Å². The topological polar surface area (TPSA) is 29.1 Å². The van der Waals surface area contributed by atoms with Crippen molar-refractivity contribution in [3.63, 3.8) is 0 Å². The van der Waals surface area contributed by atoms with Crippen LogP contribution in [0.1, 0.15) is 15.9 Å². The standard InChI is InChI=1S/C14H10ClF2NO/c1-8-12(15)3-2-4-13(8)18-14(19)9-5-10(16)7-11(17)6-9/h2-7H,1H3,(H,18,19). The number of nitrogens with one attached hydrogen (secondary N) is 1. The number of anilines is 1. The van der Waals surface area contributed by atoms with Crippen molar-refractivity contribution in [2.24, 2.45) is 0 Å². The van der Waals surface area contributed by atoms with E-state index in [1.807, 2.05) is 0 Å². The van der Waals surface area contributed by atoms with E-state index in [4.69, 9.17) is 11.6 Å². The molecule has 0 aromatic heterocycles. The summed E-state index contributed by atoms with van der Waals surface area (Å²) in [6, 6.07) is 7.68. The average Bonchev–Trinajstić information content (AvgIpc) is 2.33. The molecule has 0 aliphatic rings. The normalized spacial score (nSPS) is 10.3. The molecule has 0 aliphatic heterocycles. The average molecular weight is 282 g/mol. The molecule has 0 bridgehead atoms. The molecule has 98 valence electrons. The van der Waals surface area contributed by atoms with Crippen LogP contribution in [-0.4, -0.2) is 5.91 Å². The quantitative estimate of drug-likeness (QED) is 0.879. The molecule has 5 heteroatoms. The summed E-state index contributed by atoms with van der Waals surface area (Å²) in [7, 11) is 0. The molecule has 0 atom stereocenters. The zero-order valence-electron chi connectivity index (χ0n) is 10.0. The van der Waals surface area contributed by atoms with Crippen molar-refractivity contribution in [2.45, 2.75) is 6.92 Å². The van der Waals surface area contributed by atoms with Crippen molar-refractivity contribution in [3.05, 3.63) is 64.2 Å². The molecule has 2 nitrogen and oxygen atoms in total. The third-order valence-corrected chi connectivity index (χ3v) is 3.05. The Morgan fingerprint density at radius 1 is 1.16 bits per heavy atom. The molecule has 0 spiro atoms. The minimum atomic E-state index is -0.798. The van der Waals surface area contributed by atoms with E-state index in [-0.39, 0.29) is 5.56 Å². The molecule has 0 fully saturated rings. The predicted octanol–water partition coefficient (Wildman–Crippen LogP) is 4.18. The summed E-state index contributed by atoms with van der Waals surface area (Å²) in [5.74, 6) is -2.19. The van der Waals surface area contributed by atoms with Gasteiger partial charge in [-0.1, -0.05) is 17.7 Å². The molecule has 0 saturated carbocycles. The summed E-state index contributed by atoms with van der Waals surface area (Å²) in [4.78, 5) is 11.9. The lowest BCUT2D eigenvalue weighted by atomic mass is 10.1. The van der Waals surface area contributed by atoms with Crippen LogP contribution in [0.15, 0.2) is 36.4 Å². The molecule has 0 saturated heterocycles. The number of halogens is 3. The maximum absolute atomic E-state index is 13.0. The number of benzene rings is 2. The van der Waals surface area contributed by atoms with Gasteiger partial charge in [-0.05, 0) is 36.8 Å². The van der Waals surface area contributed by atoms with E-state index in [0.717, 1.165) is 12.1 Å². The van der Waals surface area contributed by atoms with Gasteiger partial charge in [0.15, 0.2) is 0 Å². The van der Waals surface area contributed by atoms with Gasteiger partial charge in [-0.15, -0.1) is 0 Å². The molecule has 0 aliphatic carbocycles. The first-order chi connectivity index (χ1) is 8.97. The van der Waals surface area contributed by atoms with Crippen molar-refractivity contribution in [3.8, 4) is 0 Å². The lowest BCUT2D eigenvalue weighted by Crippen LogP contribution is -2.13. The van der Waals surface area contributed by atoms with Crippen LogP contribution in [0.4, 0.5) is 14.5 Å². The summed E-state index contributed by atoms with van der Waals surface area (Å²) >= 11 is 5.92. The Morgan fingerprint density at radius 2 is 1.79 bits per heavy atom. The van der Waals surface area contributed by atoms with Crippen LogP contribution in [0, 0.1) is 18.6 Å². The molecule has 1 amide bonds. The van der Waals surface area contributed by atoms with Crippen LogP contribution in [0.2, 0.25) is 5.02 Å². The highest BCUT2D eigenvalue weighted by Gasteiger charge is 2.11. The van der Waals surface area contributed by atoms with E-state index in [0.29, 0.717) is 22.3 Å². The maximum atomic E-state index is 13.0. The Bertz CT molecular complexity index is 623. The van der Waals surface area contributed by atoms with Gasteiger partial charge in [0.1, 0.15) is 11.6 Å². The first-order valence-electron chi connectivity index (χ1n) is 5.50. The molecule has 2 rings (SSSR count). The van der Waals surface area contributed by atoms with Gasteiger partial charge in [-0.2, -0.15) is 0 Å². The summed E-state index contributed by atoms with van der Waals surface area (Å²) in [5.41, 5.74) is 1.11. The molecule has 2 aromatic rings. The molecule has 0 unspecified atom stereocenters. The highest BCUT2D eigenvalue weighted by Crippen LogP contribution is 2.23. The lowest BCUT2D eigenvalue weighted by Gasteiger charge is -2.09. The smallest absolute Gasteiger partial charge is 0.255 e. The SMILES string of the molecule is Cc1c(Cl)cccc1NC(=O)c1cc(F)cc(F)c1. The van der Waals surface area contributed by atoms with E-state index in [1.54, 1.807) is 25.1 Å². The number of hydrogen-bond acceptors (Lipinski definition) is 1. The van der Waals surface area contributed by atoms with E-state index >= 15 is 0 Å². The maximum Gasteiger partial charge on any atom is 0.255 e. The van der Waals surface area contributed by atoms with Crippen LogP contribution in [0.5, 0.6) is 0 Å². The fraction of sp³-hybridized carbons (Fsp3) is 0.0714. The van der Waals surface area contributed by atoms with Crippen LogP contribution >= 0.6 is 11.6 Å². The van der Waals surface area contributed by atoms with Crippen molar-refractivity contribution >= 4 is 23.2 Å². The summed E-state index contributed by atoms with van der Waals surface area (Å²) in [5, 5.41) is 3.07. The van der Waals surface area contributed by atoms with E-state index in [9.17, 15) is 13.6 Å². The second-order valence-electron chi connectivity index (χ2n) is 4.02. The van der Waals surface area contributed by atoms with Crippen molar-refractivity contribution < 1.29 is 13.6 Å². The van der Waals surface area contributed by atoms with Gasteiger partial charge >= 0.3 is 0 Å². The monoisotopic (exact) mass is 281 g/mol. The summed E-state index contributed by atoms with van der Waals surface area (Å²) < 4.78 is 26.1. The van der Waals surface area contributed by atoms with Gasteiger partial charge in [-0.3, -0.25) is 4.79 Å². The number of hydrogen-bond donors (Lipinski definition) is 1. The third-order valence-electron chi connectivity index (χ3n) is 2.64. The van der Waals surface area contributed by atoms with Crippen LogP contribution in [-0.2, 0) is 0 Å². The fourth-order valence-electron chi connectivity index (χ4n) is 1.62. The molecule has 19 heavy (non-hydrogen) atoms. The molecule has 0 radical (unpaired) electrons. The zero-order chi connectivity index (χ0) is 14.0. The highest BCUT2D eigenvalue weighted by atomic mass is 35.5. The predicted molar refractivity (Wildman–Crippen MR) is 70.5 cm³/mol. The van der Waals surface area contributed by atoms with Crippen LogP contribution in [0.25, 0.3) is 0 Å². The van der Waals surface area contributed by atoms with Crippen LogP contribution < -0.4 is 5.32 Å². The van der Waals surface area contributed by atoms with Gasteiger partial charge in [0.05, 0.1) is 0 Å². The Kier molecular flexibility index (Phi) is 3.81. The van der Waals surface area contributed by atoms with Gasteiger partial charge < -0.3 is 5.32 Å². The Labute approximate surface area is 114 Å².